The Morgan fingerprint density at radius 1 is 1.11 bits per heavy atom. The lowest BCUT2D eigenvalue weighted by molar-refractivity contribution is -0.124. The fraction of sp³-hybridized carbons (Fsp3) is 0.500. The minimum absolute atomic E-state index is 0.0802. The van der Waals surface area contributed by atoms with Gasteiger partial charge in [0, 0.05) is 36.3 Å². The van der Waals surface area contributed by atoms with Crippen molar-refractivity contribution in [3.05, 3.63) is 59.7 Å². The lowest BCUT2D eigenvalue weighted by Gasteiger charge is -2.35. The SMILES string of the molecule is CC(C)(C)c1ccc(N(C(=O)NC2(C#N)CC2)C(C(=O)NC2CCC(F)(F)CC2)c2cncc(F)c2)cc1. The zero-order chi connectivity index (χ0) is 27.7. The van der Waals surface area contributed by atoms with E-state index in [2.05, 4.69) is 21.7 Å². The van der Waals surface area contributed by atoms with Gasteiger partial charge in [-0.15, -0.1) is 0 Å². The molecule has 2 aliphatic carbocycles. The molecule has 2 saturated carbocycles. The van der Waals surface area contributed by atoms with Crippen LogP contribution in [0.3, 0.4) is 0 Å². The van der Waals surface area contributed by atoms with Crippen molar-refractivity contribution in [2.45, 2.75) is 88.3 Å². The number of nitrogens with one attached hydrogen (secondary N) is 2. The summed E-state index contributed by atoms with van der Waals surface area (Å²) in [6.07, 6.45) is 2.68. The fourth-order valence-electron chi connectivity index (χ4n) is 4.62. The van der Waals surface area contributed by atoms with Crippen LogP contribution in [-0.4, -0.2) is 34.4 Å². The number of pyridine rings is 1. The maximum absolute atomic E-state index is 14.3. The molecule has 3 amide bonds. The standard InChI is InChI=1S/C28H32F3N5O2/c1-26(2,3)19-4-6-22(7-5-19)36(25(38)35-27(17-32)12-13-27)23(18-14-20(29)16-33-15-18)24(37)34-21-8-10-28(30,31)11-9-21/h4-7,14-16,21,23H,8-13H2,1-3H3,(H,34,37)(H,35,38). The first-order valence-corrected chi connectivity index (χ1v) is 12.7. The molecule has 1 unspecified atom stereocenters. The van der Waals surface area contributed by atoms with Crippen LogP contribution in [-0.2, 0) is 10.2 Å². The Bertz CT molecular complexity index is 1220. The van der Waals surface area contributed by atoms with E-state index in [1.807, 2.05) is 32.9 Å². The first kappa shape index (κ1) is 27.4. The summed E-state index contributed by atoms with van der Waals surface area (Å²) in [5.41, 5.74) is 0.256. The molecule has 4 rings (SSSR count). The van der Waals surface area contributed by atoms with Gasteiger partial charge in [0.15, 0.2) is 0 Å². The largest absolute Gasteiger partial charge is 0.351 e. The number of nitriles is 1. The van der Waals surface area contributed by atoms with Crippen molar-refractivity contribution >= 4 is 17.6 Å². The fourth-order valence-corrected chi connectivity index (χ4v) is 4.62. The van der Waals surface area contributed by atoms with Crippen molar-refractivity contribution in [1.29, 1.82) is 5.26 Å². The molecule has 0 spiro atoms. The molecule has 1 aromatic carbocycles. The topological polar surface area (TPSA) is 98.1 Å². The van der Waals surface area contributed by atoms with Gasteiger partial charge in [-0.1, -0.05) is 32.9 Å². The third-order valence-corrected chi connectivity index (χ3v) is 7.15. The number of urea groups is 1. The molecule has 2 fully saturated rings. The Hall–Kier alpha value is -3.61. The van der Waals surface area contributed by atoms with E-state index in [4.69, 9.17) is 0 Å². The molecule has 0 saturated heterocycles. The zero-order valence-electron chi connectivity index (χ0n) is 21.7. The van der Waals surface area contributed by atoms with E-state index < -0.39 is 41.3 Å². The maximum Gasteiger partial charge on any atom is 0.324 e. The Labute approximate surface area is 220 Å². The molecule has 1 aromatic heterocycles. The second-order valence-corrected chi connectivity index (χ2v) is 11.3. The van der Waals surface area contributed by atoms with Gasteiger partial charge in [-0.3, -0.25) is 14.7 Å². The first-order valence-electron chi connectivity index (χ1n) is 12.7. The van der Waals surface area contributed by atoms with Gasteiger partial charge in [0.25, 0.3) is 0 Å². The van der Waals surface area contributed by atoms with Gasteiger partial charge in [-0.2, -0.15) is 5.26 Å². The number of rotatable bonds is 6. The molecule has 2 N–H and O–H groups in total. The second-order valence-electron chi connectivity index (χ2n) is 11.3. The molecule has 2 aromatic rings. The second kappa shape index (κ2) is 10.3. The summed E-state index contributed by atoms with van der Waals surface area (Å²) < 4.78 is 41.7. The van der Waals surface area contributed by atoms with E-state index in [0.717, 1.165) is 17.8 Å². The first-order chi connectivity index (χ1) is 17.8. The normalized spacial score (nSPS) is 19.1. The third kappa shape index (κ3) is 6.26. The highest BCUT2D eigenvalue weighted by Crippen LogP contribution is 2.37. The predicted molar refractivity (Wildman–Crippen MR) is 136 cm³/mol. The molecule has 202 valence electrons. The lowest BCUT2D eigenvalue weighted by Crippen LogP contribution is -2.52. The van der Waals surface area contributed by atoms with Gasteiger partial charge in [0.2, 0.25) is 11.8 Å². The third-order valence-electron chi connectivity index (χ3n) is 7.15. The van der Waals surface area contributed by atoms with Gasteiger partial charge in [-0.05, 0) is 54.9 Å². The number of halogens is 3. The van der Waals surface area contributed by atoms with Gasteiger partial charge < -0.3 is 10.6 Å². The molecule has 10 heteroatoms. The Morgan fingerprint density at radius 3 is 2.26 bits per heavy atom. The Morgan fingerprint density at radius 2 is 1.74 bits per heavy atom. The molecule has 0 radical (unpaired) electrons. The summed E-state index contributed by atoms with van der Waals surface area (Å²) >= 11 is 0. The van der Waals surface area contributed by atoms with Crippen molar-refractivity contribution in [1.82, 2.24) is 15.6 Å². The summed E-state index contributed by atoms with van der Waals surface area (Å²) in [4.78, 5) is 32.5. The highest BCUT2D eigenvalue weighted by Gasteiger charge is 2.47. The van der Waals surface area contributed by atoms with E-state index >= 15 is 0 Å². The number of aromatic nitrogens is 1. The molecular formula is C28H32F3N5O2. The van der Waals surface area contributed by atoms with Crippen LogP contribution >= 0.6 is 0 Å². The van der Waals surface area contributed by atoms with Gasteiger partial charge >= 0.3 is 6.03 Å². The number of carbonyl (C=O) groups is 2. The predicted octanol–water partition coefficient (Wildman–Crippen LogP) is 5.53. The van der Waals surface area contributed by atoms with Crippen molar-refractivity contribution in [3.63, 3.8) is 0 Å². The molecule has 0 aliphatic heterocycles. The summed E-state index contributed by atoms with van der Waals surface area (Å²) in [6.45, 7) is 6.12. The van der Waals surface area contributed by atoms with Crippen LogP contribution in [0, 0.1) is 17.1 Å². The number of anilines is 1. The van der Waals surface area contributed by atoms with Crippen LogP contribution < -0.4 is 15.5 Å². The van der Waals surface area contributed by atoms with Gasteiger partial charge in [-0.25, -0.2) is 18.0 Å². The van der Waals surface area contributed by atoms with Gasteiger partial charge in [0.1, 0.15) is 17.4 Å². The number of amides is 3. The number of alkyl halides is 2. The van der Waals surface area contributed by atoms with E-state index in [0.29, 0.717) is 18.5 Å². The van der Waals surface area contributed by atoms with Crippen molar-refractivity contribution in [2.24, 2.45) is 0 Å². The lowest BCUT2D eigenvalue weighted by atomic mass is 9.87. The highest BCUT2D eigenvalue weighted by atomic mass is 19.3. The van der Waals surface area contributed by atoms with Crippen molar-refractivity contribution < 1.29 is 22.8 Å². The van der Waals surface area contributed by atoms with Crippen LogP contribution in [0.15, 0.2) is 42.7 Å². The zero-order valence-corrected chi connectivity index (χ0v) is 21.7. The van der Waals surface area contributed by atoms with Crippen LogP contribution in [0.2, 0.25) is 0 Å². The summed E-state index contributed by atoms with van der Waals surface area (Å²) in [5, 5.41) is 15.1. The van der Waals surface area contributed by atoms with Crippen LogP contribution in [0.25, 0.3) is 0 Å². The molecule has 1 atom stereocenters. The van der Waals surface area contributed by atoms with Crippen molar-refractivity contribution in [2.75, 3.05) is 4.90 Å². The number of hydrogen-bond acceptors (Lipinski definition) is 4. The molecule has 38 heavy (non-hydrogen) atoms. The van der Waals surface area contributed by atoms with Crippen LogP contribution in [0.5, 0.6) is 0 Å². The molecule has 2 aliphatic rings. The van der Waals surface area contributed by atoms with E-state index in [1.54, 1.807) is 12.1 Å². The van der Waals surface area contributed by atoms with E-state index in [1.165, 1.54) is 11.1 Å². The Balaban J connectivity index is 1.74. The molecule has 1 heterocycles. The average molecular weight is 528 g/mol. The quantitative estimate of drug-likeness (QED) is 0.516. The molecular weight excluding hydrogens is 495 g/mol. The number of carbonyl (C=O) groups excluding carboxylic acids is 2. The molecule has 7 nitrogen and oxygen atoms in total. The summed E-state index contributed by atoms with van der Waals surface area (Å²) in [5.74, 6) is -4.12. The minimum Gasteiger partial charge on any atom is -0.351 e. The van der Waals surface area contributed by atoms with E-state index in [-0.39, 0.29) is 36.7 Å². The average Bonchev–Trinajstić information content (AvgIpc) is 3.63. The van der Waals surface area contributed by atoms with Crippen LogP contribution in [0.4, 0.5) is 23.7 Å². The molecule has 0 bridgehead atoms. The van der Waals surface area contributed by atoms with E-state index in [9.17, 15) is 28.0 Å². The maximum atomic E-state index is 14.3. The summed E-state index contributed by atoms with van der Waals surface area (Å²) in [6, 6.07) is 7.71. The minimum atomic E-state index is -2.77. The monoisotopic (exact) mass is 527 g/mol. The van der Waals surface area contributed by atoms with Crippen LogP contribution in [0.1, 0.15) is 76.5 Å². The highest BCUT2D eigenvalue weighted by molar-refractivity contribution is 6.01. The number of nitrogens with zero attached hydrogens (tertiary/aromatic N) is 3. The number of hydrogen-bond donors (Lipinski definition) is 2. The van der Waals surface area contributed by atoms with Gasteiger partial charge in [0.05, 0.1) is 12.3 Å². The van der Waals surface area contributed by atoms with Crippen molar-refractivity contribution in [3.8, 4) is 6.07 Å². The number of benzene rings is 1. The Kier molecular flexibility index (Phi) is 7.42. The summed E-state index contributed by atoms with van der Waals surface area (Å²) in [7, 11) is 0. The smallest absolute Gasteiger partial charge is 0.324 e.